The quantitative estimate of drug-likeness (QED) is 0.848. The maximum atomic E-state index is 10.6. The maximum Gasteiger partial charge on any atom is 0.143 e. The summed E-state index contributed by atoms with van der Waals surface area (Å²) in [7, 11) is 0. The molecule has 0 spiro atoms. The second kappa shape index (κ2) is 4.53. The molecule has 1 aliphatic heterocycles. The molecule has 0 fully saturated rings. The van der Waals surface area contributed by atoms with E-state index in [0.29, 0.717) is 12.4 Å². The summed E-state index contributed by atoms with van der Waals surface area (Å²) < 4.78 is 5.58. The number of hydrogen-bond acceptors (Lipinski definition) is 2. The van der Waals surface area contributed by atoms with Crippen molar-refractivity contribution in [3.05, 3.63) is 46.7 Å². The molecular formula is C15H20O2. The molecule has 0 saturated carbocycles. The first kappa shape index (κ1) is 12.2. The topological polar surface area (TPSA) is 29.5 Å². The highest BCUT2D eigenvalue weighted by Gasteiger charge is 2.31. The third-order valence-electron chi connectivity index (χ3n) is 3.48. The lowest BCUT2D eigenvalue weighted by Gasteiger charge is -2.29. The lowest BCUT2D eigenvalue weighted by Crippen LogP contribution is -2.27. The molecule has 0 amide bonds. The zero-order valence-corrected chi connectivity index (χ0v) is 10.8. The van der Waals surface area contributed by atoms with Crippen LogP contribution in [0.15, 0.2) is 30.0 Å². The lowest BCUT2D eigenvalue weighted by atomic mass is 9.90. The predicted octanol–water partition coefficient (Wildman–Crippen LogP) is 3.21. The molecule has 1 N–H and O–H groups in total. The Balaban J connectivity index is 2.36. The predicted molar refractivity (Wildman–Crippen MR) is 68.8 cm³/mol. The molecule has 2 heteroatoms. The van der Waals surface area contributed by atoms with E-state index < -0.39 is 5.60 Å². The minimum absolute atomic E-state index is 0.687. The smallest absolute Gasteiger partial charge is 0.143 e. The van der Waals surface area contributed by atoms with Gasteiger partial charge in [0.25, 0.3) is 0 Å². The third-order valence-corrected chi connectivity index (χ3v) is 3.48. The summed E-state index contributed by atoms with van der Waals surface area (Å²) in [4.78, 5) is 0. The van der Waals surface area contributed by atoms with E-state index >= 15 is 0 Å². The minimum atomic E-state index is -1.02. The summed E-state index contributed by atoms with van der Waals surface area (Å²) in [5.74, 6) is 0.687. The van der Waals surface area contributed by atoms with Gasteiger partial charge in [0.2, 0.25) is 0 Å². The molecule has 0 saturated heterocycles. The van der Waals surface area contributed by atoms with E-state index in [9.17, 15) is 5.11 Å². The van der Waals surface area contributed by atoms with Gasteiger partial charge >= 0.3 is 0 Å². The molecule has 2 rings (SSSR count). The van der Waals surface area contributed by atoms with Gasteiger partial charge in [0.1, 0.15) is 11.4 Å². The summed E-state index contributed by atoms with van der Waals surface area (Å²) in [5, 5.41) is 10.6. The van der Waals surface area contributed by atoms with Crippen LogP contribution in [-0.2, 0) is 10.3 Å². The van der Waals surface area contributed by atoms with Crippen molar-refractivity contribution in [1.82, 2.24) is 0 Å². The van der Waals surface area contributed by atoms with Crippen LogP contribution in [0.4, 0.5) is 0 Å². The summed E-state index contributed by atoms with van der Waals surface area (Å²) in [6.45, 7) is 6.64. The average molecular weight is 232 g/mol. The average Bonchev–Trinajstić information content (AvgIpc) is 2.33. The van der Waals surface area contributed by atoms with Crippen LogP contribution in [-0.4, -0.2) is 11.7 Å². The number of aliphatic hydroxyl groups is 1. The fourth-order valence-corrected chi connectivity index (χ4v) is 2.08. The second-order valence-corrected chi connectivity index (χ2v) is 4.93. The van der Waals surface area contributed by atoms with E-state index in [1.165, 1.54) is 11.1 Å². The lowest BCUT2D eigenvalue weighted by molar-refractivity contribution is 0.0150. The highest BCUT2D eigenvalue weighted by atomic mass is 16.5. The fraction of sp³-hybridized carbons (Fsp3) is 0.467. The summed E-state index contributed by atoms with van der Waals surface area (Å²) >= 11 is 0. The molecule has 1 atom stereocenters. The van der Waals surface area contributed by atoms with Crippen molar-refractivity contribution < 1.29 is 9.84 Å². The molecule has 1 aromatic rings. The second-order valence-electron chi connectivity index (χ2n) is 4.93. The van der Waals surface area contributed by atoms with Crippen LogP contribution in [0.5, 0.6) is 0 Å². The number of allylic oxidation sites excluding steroid dienone is 1. The van der Waals surface area contributed by atoms with Crippen molar-refractivity contribution in [3.63, 3.8) is 0 Å². The molecule has 0 aliphatic carbocycles. The largest absolute Gasteiger partial charge is 0.495 e. The monoisotopic (exact) mass is 232 g/mol. The summed E-state index contributed by atoms with van der Waals surface area (Å²) in [6, 6.07) is 6.05. The molecule has 92 valence electrons. The van der Waals surface area contributed by atoms with E-state index in [-0.39, 0.29) is 0 Å². The number of rotatable bonds is 2. The molecular weight excluding hydrogens is 212 g/mol. The van der Waals surface area contributed by atoms with Gasteiger partial charge in [-0.3, -0.25) is 0 Å². The van der Waals surface area contributed by atoms with Crippen molar-refractivity contribution in [3.8, 4) is 0 Å². The van der Waals surface area contributed by atoms with Crippen LogP contribution in [0.1, 0.15) is 36.5 Å². The van der Waals surface area contributed by atoms with Crippen LogP contribution in [0, 0.1) is 13.8 Å². The first-order chi connectivity index (χ1) is 8.01. The summed E-state index contributed by atoms with van der Waals surface area (Å²) in [6.07, 6.45) is 4.02. The maximum absolute atomic E-state index is 10.6. The van der Waals surface area contributed by atoms with Crippen LogP contribution < -0.4 is 0 Å². The van der Waals surface area contributed by atoms with Crippen LogP contribution in [0.25, 0.3) is 0 Å². The van der Waals surface area contributed by atoms with Gasteiger partial charge in [-0.15, -0.1) is 0 Å². The number of ether oxygens (including phenoxy) is 1. The Morgan fingerprint density at radius 1 is 1.24 bits per heavy atom. The zero-order valence-electron chi connectivity index (χ0n) is 10.8. The van der Waals surface area contributed by atoms with Crippen molar-refractivity contribution >= 4 is 0 Å². The van der Waals surface area contributed by atoms with Gasteiger partial charge in [-0.1, -0.05) is 18.2 Å². The van der Waals surface area contributed by atoms with Crippen molar-refractivity contribution in [2.24, 2.45) is 0 Å². The van der Waals surface area contributed by atoms with E-state index in [1.807, 2.05) is 24.3 Å². The Morgan fingerprint density at radius 2 is 2.00 bits per heavy atom. The normalized spacial score (nSPS) is 19.2. The first-order valence-electron chi connectivity index (χ1n) is 6.15. The molecule has 17 heavy (non-hydrogen) atoms. The van der Waals surface area contributed by atoms with E-state index in [1.54, 1.807) is 6.92 Å². The van der Waals surface area contributed by atoms with Crippen molar-refractivity contribution in [2.75, 3.05) is 6.61 Å². The van der Waals surface area contributed by atoms with Gasteiger partial charge in [0, 0.05) is 0 Å². The van der Waals surface area contributed by atoms with Gasteiger partial charge < -0.3 is 9.84 Å². The van der Waals surface area contributed by atoms with E-state index in [0.717, 1.165) is 18.4 Å². The SMILES string of the molecule is Cc1ccc(C(C)(O)C2=CCCCO2)cc1C. The summed E-state index contributed by atoms with van der Waals surface area (Å²) in [5.41, 5.74) is 2.31. The third kappa shape index (κ3) is 2.37. The molecule has 0 bridgehead atoms. The Labute approximate surface area is 103 Å². The zero-order chi connectivity index (χ0) is 12.5. The Kier molecular flexibility index (Phi) is 3.25. The molecule has 1 unspecified atom stereocenters. The van der Waals surface area contributed by atoms with Crippen molar-refractivity contribution in [1.29, 1.82) is 0 Å². The van der Waals surface area contributed by atoms with Gasteiger partial charge in [-0.05, 0) is 56.4 Å². The van der Waals surface area contributed by atoms with Gasteiger partial charge in [0.05, 0.1) is 6.61 Å². The van der Waals surface area contributed by atoms with E-state index in [2.05, 4.69) is 13.8 Å². The number of aryl methyl sites for hydroxylation is 2. The molecule has 1 heterocycles. The first-order valence-corrected chi connectivity index (χ1v) is 6.15. The van der Waals surface area contributed by atoms with Crippen LogP contribution >= 0.6 is 0 Å². The molecule has 1 aliphatic rings. The van der Waals surface area contributed by atoms with E-state index in [4.69, 9.17) is 4.74 Å². The molecule has 2 nitrogen and oxygen atoms in total. The Hall–Kier alpha value is -1.28. The van der Waals surface area contributed by atoms with Gasteiger partial charge in [-0.2, -0.15) is 0 Å². The van der Waals surface area contributed by atoms with Crippen LogP contribution in [0.3, 0.4) is 0 Å². The fourth-order valence-electron chi connectivity index (χ4n) is 2.08. The van der Waals surface area contributed by atoms with Gasteiger partial charge in [0.15, 0.2) is 0 Å². The van der Waals surface area contributed by atoms with Crippen LogP contribution in [0.2, 0.25) is 0 Å². The van der Waals surface area contributed by atoms with Gasteiger partial charge in [-0.25, -0.2) is 0 Å². The van der Waals surface area contributed by atoms with Crippen molar-refractivity contribution in [2.45, 2.75) is 39.2 Å². The highest BCUT2D eigenvalue weighted by Crippen LogP contribution is 2.32. The highest BCUT2D eigenvalue weighted by molar-refractivity contribution is 5.36. The Morgan fingerprint density at radius 3 is 2.59 bits per heavy atom. The number of benzene rings is 1. The molecule has 1 aromatic carbocycles. The standard InChI is InChI=1S/C15H20O2/c1-11-7-8-13(10-12(11)2)15(3,16)14-6-4-5-9-17-14/h6-8,10,16H,4-5,9H2,1-3H3. The number of hydrogen-bond donors (Lipinski definition) is 1. The molecule has 0 aromatic heterocycles. The minimum Gasteiger partial charge on any atom is -0.495 e. The Bertz CT molecular complexity index is 444. The molecule has 0 radical (unpaired) electrons.